The minimum absolute atomic E-state index is 0.0944. The van der Waals surface area contributed by atoms with Crippen LogP contribution in [-0.4, -0.2) is 43.9 Å². The number of hydrogen-bond donors (Lipinski definition) is 0. The Morgan fingerprint density at radius 2 is 1.68 bits per heavy atom. The van der Waals surface area contributed by atoms with Gasteiger partial charge in [-0.25, -0.2) is 13.4 Å². The van der Waals surface area contributed by atoms with Crippen molar-refractivity contribution < 1.29 is 8.42 Å². The molecular weight excluding hydrogens is 473 g/mol. The highest BCUT2D eigenvalue weighted by molar-refractivity contribution is 7.89. The maximum absolute atomic E-state index is 13.0. The monoisotopic (exact) mass is 495 g/mol. The summed E-state index contributed by atoms with van der Waals surface area (Å²) in [7, 11) is -3.66. The van der Waals surface area contributed by atoms with Crippen molar-refractivity contribution in [2.45, 2.75) is 25.2 Å². The van der Waals surface area contributed by atoms with Crippen LogP contribution < -0.4 is 4.90 Å². The van der Waals surface area contributed by atoms with Crippen molar-refractivity contribution >= 4 is 49.7 Å². The molecule has 1 aliphatic heterocycles. The highest BCUT2D eigenvalue weighted by atomic mass is 35.5. The molecule has 9 heteroatoms. The minimum Gasteiger partial charge on any atom is -0.345 e. The lowest BCUT2D eigenvalue weighted by molar-refractivity contribution is 0.384. The van der Waals surface area contributed by atoms with E-state index in [-0.39, 0.29) is 9.92 Å². The van der Waals surface area contributed by atoms with Gasteiger partial charge in [-0.15, -0.1) is 11.3 Å². The first-order valence-electron chi connectivity index (χ1n) is 9.94. The van der Waals surface area contributed by atoms with Crippen LogP contribution in [0.5, 0.6) is 0 Å². The highest BCUT2D eigenvalue weighted by Gasteiger charge is 2.31. The zero-order chi connectivity index (χ0) is 22.2. The molecule has 4 rings (SSSR count). The van der Waals surface area contributed by atoms with Crippen LogP contribution in [0.2, 0.25) is 10.0 Å². The molecule has 0 aliphatic carbocycles. The quantitative estimate of drug-likeness (QED) is 0.489. The van der Waals surface area contributed by atoms with Crippen LogP contribution in [0.3, 0.4) is 0 Å². The van der Waals surface area contributed by atoms with Crippen LogP contribution in [0, 0.1) is 13.8 Å². The zero-order valence-electron chi connectivity index (χ0n) is 17.3. The first-order valence-corrected chi connectivity index (χ1v) is 13.0. The molecule has 31 heavy (non-hydrogen) atoms. The third-order valence-electron chi connectivity index (χ3n) is 5.23. The summed E-state index contributed by atoms with van der Waals surface area (Å²) in [6.07, 6.45) is 0.794. The van der Waals surface area contributed by atoms with Gasteiger partial charge < -0.3 is 4.90 Å². The molecule has 2 aromatic carbocycles. The van der Waals surface area contributed by atoms with Gasteiger partial charge in [0, 0.05) is 43.0 Å². The van der Waals surface area contributed by atoms with Crippen molar-refractivity contribution in [1.82, 2.24) is 9.29 Å². The standard InChI is InChI=1S/C22H23Cl2N3O2S2/c1-15-9-16(2)11-17(10-15)12-19-14-30-22(25-19)26-5-7-27(8-6-26)31(28,29)21-4-3-18(23)13-20(21)24/h3-4,9-11,13-14H,5-8,12H2,1-2H3. The van der Waals surface area contributed by atoms with Crippen molar-refractivity contribution in [3.63, 3.8) is 0 Å². The minimum atomic E-state index is -3.66. The van der Waals surface area contributed by atoms with E-state index in [2.05, 4.69) is 42.3 Å². The largest absolute Gasteiger partial charge is 0.345 e. The lowest BCUT2D eigenvalue weighted by Gasteiger charge is -2.33. The fraction of sp³-hybridized carbons (Fsp3) is 0.318. The molecule has 0 unspecified atom stereocenters. The average Bonchev–Trinajstić information content (AvgIpc) is 3.15. The topological polar surface area (TPSA) is 53.5 Å². The average molecular weight is 496 g/mol. The molecule has 0 radical (unpaired) electrons. The van der Waals surface area contributed by atoms with E-state index in [1.165, 1.54) is 33.1 Å². The Morgan fingerprint density at radius 3 is 2.32 bits per heavy atom. The third-order valence-corrected chi connectivity index (χ3v) is 8.79. The van der Waals surface area contributed by atoms with E-state index < -0.39 is 10.0 Å². The fourth-order valence-corrected chi connectivity index (χ4v) is 6.89. The molecule has 1 aliphatic rings. The molecule has 164 valence electrons. The number of benzene rings is 2. The molecule has 0 spiro atoms. The van der Waals surface area contributed by atoms with Gasteiger partial charge in [-0.2, -0.15) is 4.31 Å². The number of piperazine rings is 1. The van der Waals surface area contributed by atoms with E-state index in [9.17, 15) is 8.42 Å². The van der Waals surface area contributed by atoms with Gasteiger partial charge in [-0.3, -0.25) is 0 Å². The smallest absolute Gasteiger partial charge is 0.244 e. The van der Waals surface area contributed by atoms with Gasteiger partial charge in [-0.1, -0.05) is 52.5 Å². The lowest BCUT2D eigenvalue weighted by Crippen LogP contribution is -2.48. The summed E-state index contributed by atoms with van der Waals surface area (Å²) in [5.41, 5.74) is 4.80. The van der Waals surface area contributed by atoms with Crippen LogP contribution in [0.15, 0.2) is 46.7 Å². The van der Waals surface area contributed by atoms with Gasteiger partial charge >= 0.3 is 0 Å². The summed E-state index contributed by atoms with van der Waals surface area (Å²) in [5, 5.41) is 3.57. The summed E-state index contributed by atoms with van der Waals surface area (Å²) in [6, 6.07) is 11.0. The molecule has 5 nitrogen and oxygen atoms in total. The number of nitrogens with zero attached hydrogens (tertiary/aromatic N) is 3. The Bertz CT molecular complexity index is 1180. The second-order valence-electron chi connectivity index (χ2n) is 7.76. The van der Waals surface area contributed by atoms with Crippen molar-refractivity contribution in [3.8, 4) is 0 Å². The second kappa shape index (κ2) is 9.08. The van der Waals surface area contributed by atoms with Gasteiger partial charge in [0.15, 0.2) is 5.13 Å². The number of halogens is 2. The highest BCUT2D eigenvalue weighted by Crippen LogP contribution is 2.29. The van der Waals surface area contributed by atoms with E-state index in [1.54, 1.807) is 17.4 Å². The van der Waals surface area contributed by atoms with Crippen LogP contribution in [0.25, 0.3) is 0 Å². The normalized spacial score (nSPS) is 15.4. The molecule has 1 saturated heterocycles. The first-order chi connectivity index (χ1) is 14.7. The molecular formula is C22H23Cl2N3O2S2. The van der Waals surface area contributed by atoms with E-state index in [1.807, 2.05) is 0 Å². The molecule has 3 aromatic rings. The number of thiazole rings is 1. The lowest BCUT2D eigenvalue weighted by atomic mass is 10.0. The number of aryl methyl sites for hydroxylation is 2. The number of aromatic nitrogens is 1. The van der Waals surface area contributed by atoms with Crippen LogP contribution >= 0.6 is 34.5 Å². The van der Waals surface area contributed by atoms with E-state index >= 15 is 0 Å². The Morgan fingerprint density at radius 1 is 1.00 bits per heavy atom. The molecule has 0 bridgehead atoms. The predicted octanol–water partition coefficient (Wildman–Crippen LogP) is 5.17. The fourth-order valence-electron chi connectivity index (χ4n) is 3.85. The molecule has 0 saturated carbocycles. The van der Waals surface area contributed by atoms with Crippen molar-refractivity contribution in [2.24, 2.45) is 0 Å². The van der Waals surface area contributed by atoms with E-state index in [0.29, 0.717) is 31.2 Å². The van der Waals surface area contributed by atoms with Crippen LogP contribution in [0.4, 0.5) is 5.13 Å². The van der Waals surface area contributed by atoms with Gasteiger partial charge in [0.2, 0.25) is 10.0 Å². The van der Waals surface area contributed by atoms with Crippen molar-refractivity contribution in [3.05, 3.63) is 74.2 Å². The van der Waals surface area contributed by atoms with E-state index in [4.69, 9.17) is 28.2 Å². The summed E-state index contributed by atoms with van der Waals surface area (Å²) in [4.78, 5) is 7.04. The Balaban J connectivity index is 1.42. The second-order valence-corrected chi connectivity index (χ2v) is 11.3. The van der Waals surface area contributed by atoms with Gasteiger partial charge in [0.1, 0.15) is 4.90 Å². The Kier molecular flexibility index (Phi) is 6.60. The summed E-state index contributed by atoms with van der Waals surface area (Å²) < 4.78 is 27.5. The SMILES string of the molecule is Cc1cc(C)cc(Cc2csc(N3CCN(S(=O)(=O)c4ccc(Cl)cc4Cl)CC3)n2)c1. The molecule has 1 aromatic heterocycles. The molecule has 1 fully saturated rings. The van der Waals surface area contributed by atoms with Crippen molar-refractivity contribution in [1.29, 1.82) is 0 Å². The number of sulfonamides is 1. The van der Waals surface area contributed by atoms with Gasteiger partial charge in [-0.05, 0) is 37.6 Å². The number of hydrogen-bond acceptors (Lipinski definition) is 5. The molecule has 0 N–H and O–H groups in total. The van der Waals surface area contributed by atoms with Crippen LogP contribution in [0.1, 0.15) is 22.4 Å². The maximum Gasteiger partial charge on any atom is 0.244 e. The van der Waals surface area contributed by atoms with Crippen LogP contribution in [-0.2, 0) is 16.4 Å². The van der Waals surface area contributed by atoms with E-state index in [0.717, 1.165) is 17.2 Å². The van der Waals surface area contributed by atoms with Gasteiger partial charge in [0.25, 0.3) is 0 Å². The molecule has 0 atom stereocenters. The number of rotatable bonds is 5. The predicted molar refractivity (Wildman–Crippen MR) is 128 cm³/mol. The Labute approximate surface area is 197 Å². The zero-order valence-corrected chi connectivity index (χ0v) is 20.5. The Hall–Kier alpha value is -1.64. The number of anilines is 1. The summed E-state index contributed by atoms with van der Waals surface area (Å²) >= 11 is 13.6. The molecule has 0 amide bonds. The van der Waals surface area contributed by atoms with Gasteiger partial charge in [0.05, 0.1) is 10.7 Å². The maximum atomic E-state index is 13.0. The molecule has 2 heterocycles. The van der Waals surface area contributed by atoms with Crippen molar-refractivity contribution in [2.75, 3.05) is 31.1 Å². The summed E-state index contributed by atoms with van der Waals surface area (Å²) in [6.45, 7) is 6.14. The first kappa shape index (κ1) is 22.6. The summed E-state index contributed by atoms with van der Waals surface area (Å²) in [5.74, 6) is 0. The third kappa shape index (κ3) is 5.07.